The number of aromatic nitrogens is 7. The molecule has 0 saturated heterocycles. The van der Waals surface area contributed by atoms with Gasteiger partial charge in [0.25, 0.3) is 0 Å². The van der Waals surface area contributed by atoms with Crippen molar-refractivity contribution in [2.45, 2.75) is 6.54 Å². The second-order valence-corrected chi connectivity index (χ2v) is 5.09. The number of nitrogens with one attached hydrogen (secondary N) is 1. The summed E-state index contributed by atoms with van der Waals surface area (Å²) >= 11 is 0. The van der Waals surface area contributed by atoms with Crippen LogP contribution in [0.1, 0.15) is 0 Å². The van der Waals surface area contributed by atoms with Crippen LogP contribution in [0.5, 0.6) is 0 Å². The fourth-order valence-electron chi connectivity index (χ4n) is 2.38. The molecule has 4 aromatic rings. The highest BCUT2D eigenvalue weighted by Crippen LogP contribution is 2.14. The van der Waals surface area contributed by atoms with Gasteiger partial charge in [0.15, 0.2) is 0 Å². The lowest BCUT2D eigenvalue weighted by Crippen LogP contribution is -2.19. The fourth-order valence-corrected chi connectivity index (χ4v) is 2.38. The maximum absolute atomic E-state index is 12.3. The molecule has 24 heavy (non-hydrogen) atoms. The Labute approximate surface area is 135 Å². The van der Waals surface area contributed by atoms with Crippen molar-refractivity contribution in [2.75, 3.05) is 5.32 Å². The van der Waals surface area contributed by atoms with Crippen molar-refractivity contribution >= 4 is 22.6 Å². The van der Waals surface area contributed by atoms with Crippen molar-refractivity contribution in [2.24, 2.45) is 0 Å². The molecule has 0 aliphatic heterocycles. The van der Waals surface area contributed by atoms with E-state index in [2.05, 4.69) is 31.2 Å². The van der Waals surface area contributed by atoms with Gasteiger partial charge < -0.3 is 5.32 Å². The minimum Gasteiger partial charge on any atom is -0.324 e. The van der Waals surface area contributed by atoms with E-state index in [0.717, 1.165) is 16.7 Å². The number of nitrogens with zero attached hydrogens (tertiary/aromatic N) is 7. The van der Waals surface area contributed by atoms with Gasteiger partial charge in [-0.15, -0.1) is 10.2 Å². The number of carbonyl (C=O) groups is 1. The van der Waals surface area contributed by atoms with E-state index in [4.69, 9.17) is 0 Å². The zero-order chi connectivity index (χ0) is 16.4. The number of para-hydroxylation sites is 1. The highest BCUT2D eigenvalue weighted by atomic mass is 16.2. The van der Waals surface area contributed by atoms with Gasteiger partial charge in [-0.1, -0.05) is 23.4 Å². The number of hydrogen-bond acceptors (Lipinski definition) is 6. The smallest absolute Gasteiger partial charge is 0.246 e. The summed E-state index contributed by atoms with van der Waals surface area (Å²) in [6.07, 6.45) is 1.49. The van der Waals surface area contributed by atoms with Gasteiger partial charge in [0.05, 0.1) is 11.2 Å². The van der Waals surface area contributed by atoms with E-state index in [9.17, 15) is 4.79 Å². The van der Waals surface area contributed by atoms with E-state index in [1.807, 2.05) is 36.4 Å². The van der Waals surface area contributed by atoms with Crippen LogP contribution in [-0.2, 0) is 11.3 Å². The predicted molar refractivity (Wildman–Crippen MR) is 85.3 cm³/mol. The van der Waals surface area contributed by atoms with E-state index in [-0.39, 0.29) is 12.5 Å². The van der Waals surface area contributed by atoms with Gasteiger partial charge in [-0.05, 0) is 40.8 Å². The molecule has 1 amide bonds. The van der Waals surface area contributed by atoms with Crippen LogP contribution in [0.4, 0.5) is 5.69 Å². The number of amides is 1. The van der Waals surface area contributed by atoms with Gasteiger partial charge in [-0.3, -0.25) is 4.79 Å². The van der Waals surface area contributed by atoms with Crippen LogP contribution in [0, 0.1) is 0 Å². The van der Waals surface area contributed by atoms with Crippen LogP contribution in [0.3, 0.4) is 0 Å². The zero-order valence-corrected chi connectivity index (χ0v) is 12.4. The summed E-state index contributed by atoms with van der Waals surface area (Å²) in [6, 6.07) is 14.7. The maximum Gasteiger partial charge on any atom is 0.246 e. The van der Waals surface area contributed by atoms with Crippen LogP contribution in [0.25, 0.3) is 16.7 Å². The Kier molecular flexibility index (Phi) is 3.43. The van der Waals surface area contributed by atoms with Crippen molar-refractivity contribution in [3.05, 3.63) is 54.9 Å². The summed E-state index contributed by atoms with van der Waals surface area (Å²) in [5.41, 5.74) is 2.97. The molecule has 2 aromatic heterocycles. The summed E-state index contributed by atoms with van der Waals surface area (Å²) in [5, 5.41) is 21.9. The first kappa shape index (κ1) is 14.0. The second-order valence-electron chi connectivity index (χ2n) is 5.09. The number of benzene rings is 2. The molecule has 0 bridgehead atoms. The number of rotatable bonds is 4. The Balaban J connectivity index is 1.51. The SMILES string of the molecule is O=C(Cn1nnc2ccccc21)Nc1cccc(-n2cnnn2)c1. The first-order chi connectivity index (χ1) is 11.8. The van der Waals surface area contributed by atoms with E-state index in [1.54, 1.807) is 16.8 Å². The molecule has 1 N–H and O–H groups in total. The molecule has 0 fully saturated rings. The lowest BCUT2D eigenvalue weighted by atomic mass is 10.2. The average molecular weight is 320 g/mol. The van der Waals surface area contributed by atoms with E-state index in [1.165, 1.54) is 11.0 Å². The normalized spacial score (nSPS) is 10.8. The first-order valence-corrected chi connectivity index (χ1v) is 7.21. The molecule has 0 unspecified atom stereocenters. The summed E-state index contributed by atoms with van der Waals surface area (Å²) in [4.78, 5) is 12.3. The second kappa shape index (κ2) is 5.88. The number of tetrazole rings is 1. The third-order valence-electron chi connectivity index (χ3n) is 3.46. The van der Waals surface area contributed by atoms with Crippen LogP contribution in [0.15, 0.2) is 54.9 Å². The third-order valence-corrected chi connectivity index (χ3v) is 3.46. The summed E-state index contributed by atoms with van der Waals surface area (Å²) < 4.78 is 3.08. The molecular weight excluding hydrogens is 308 g/mol. The Hall–Kier alpha value is -3.62. The summed E-state index contributed by atoms with van der Waals surface area (Å²) in [5.74, 6) is -0.195. The highest BCUT2D eigenvalue weighted by molar-refractivity contribution is 5.91. The van der Waals surface area contributed by atoms with Gasteiger partial charge in [0.1, 0.15) is 18.4 Å². The van der Waals surface area contributed by atoms with E-state index < -0.39 is 0 Å². The zero-order valence-electron chi connectivity index (χ0n) is 12.4. The number of anilines is 1. The van der Waals surface area contributed by atoms with Crippen molar-refractivity contribution in [3.8, 4) is 5.69 Å². The Morgan fingerprint density at radius 2 is 2.00 bits per heavy atom. The molecule has 0 aliphatic carbocycles. The van der Waals surface area contributed by atoms with E-state index >= 15 is 0 Å². The molecule has 9 nitrogen and oxygen atoms in total. The summed E-state index contributed by atoms with van der Waals surface area (Å²) in [6.45, 7) is 0.0790. The molecule has 2 aromatic carbocycles. The van der Waals surface area contributed by atoms with Crippen molar-refractivity contribution in [1.29, 1.82) is 0 Å². The Bertz CT molecular complexity index is 992. The molecule has 0 atom stereocenters. The number of carbonyl (C=O) groups excluding carboxylic acids is 1. The lowest BCUT2D eigenvalue weighted by molar-refractivity contribution is -0.116. The monoisotopic (exact) mass is 320 g/mol. The number of hydrogen-bond donors (Lipinski definition) is 1. The summed E-state index contributed by atoms with van der Waals surface area (Å²) in [7, 11) is 0. The molecule has 0 spiro atoms. The maximum atomic E-state index is 12.3. The van der Waals surface area contributed by atoms with Crippen molar-refractivity contribution < 1.29 is 4.79 Å². The van der Waals surface area contributed by atoms with Gasteiger partial charge >= 0.3 is 0 Å². The molecule has 0 saturated carbocycles. The van der Waals surface area contributed by atoms with Crippen LogP contribution >= 0.6 is 0 Å². The standard InChI is InChI=1S/C15H12N8O/c24-15(9-22-14-7-2-1-6-13(14)18-20-22)17-11-4-3-5-12(8-11)23-10-16-19-21-23/h1-8,10H,9H2,(H,17,24). The van der Waals surface area contributed by atoms with Gasteiger partial charge in [0, 0.05) is 5.69 Å². The predicted octanol–water partition coefficient (Wildman–Crippen LogP) is 1.05. The van der Waals surface area contributed by atoms with E-state index in [0.29, 0.717) is 5.69 Å². The van der Waals surface area contributed by atoms with Crippen LogP contribution in [0.2, 0.25) is 0 Å². The lowest BCUT2D eigenvalue weighted by Gasteiger charge is -2.07. The Morgan fingerprint density at radius 3 is 2.88 bits per heavy atom. The molecule has 118 valence electrons. The quantitative estimate of drug-likeness (QED) is 0.603. The molecule has 0 aliphatic rings. The minimum absolute atomic E-state index is 0.0790. The van der Waals surface area contributed by atoms with Crippen molar-refractivity contribution in [1.82, 2.24) is 35.2 Å². The van der Waals surface area contributed by atoms with Gasteiger partial charge in [-0.25, -0.2) is 9.36 Å². The number of fused-ring (bicyclic) bond motifs is 1. The van der Waals surface area contributed by atoms with Gasteiger partial charge in [0.2, 0.25) is 5.91 Å². The van der Waals surface area contributed by atoms with Crippen LogP contribution in [-0.4, -0.2) is 41.1 Å². The minimum atomic E-state index is -0.195. The van der Waals surface area contributed by atoms with Crippen LogP contribution < -0.4 is 5.32 Å². The fraction of sp³-hybridized carbons (Fsp3) is 0.0667. The molecular formula is C15H12N8O. The molecule has 4 rings (SSSR count). The highest BCUT2D eigenvalue weighted by Gasteiger charge is 2.09. The average Bonchev–Trinajstić information content (AvgIpc) is 3.26. The van der Waals surface area contributed by atoms with Gasteiger partial charge in [-0.2, -0.15) is 0 Å². The third kappa shape index (κ3) is 2.70. The van der Waals surface area contributed by atoms with Crippen molar-refractivity contribution in [3.63, 3.8) is 0 Å². The topological polar surface area (TPSA) is 103 Å². The molecule has 9 heteroatoms. The molecule has 2 heterocycles. The Morgan fingerprint density at radius 1 is 1.08 bits per heavy atom. The molecule has 0 radical (unpaired) electrons. The first-order valence-electron chi connectivity index (χ1n) is 7.21. The largest absolute Gasteiger partial charge is 0.324 e.